The first kappa shape index (κ1) is 19.0. The molecule has 0 spiro atoms. The minimum atomic E-state index is 0. The molecule has 1 atom stereocenters. The van der Waals surface area contributed by atoms with E-state index in [-0.39, 0.29) is 24.0 Å². The van der Waals surface area contributed by atoms with Crippen molar-refractivity contribution in [1.29, 1.82) is 0 Å². The van der Waals surface area contributed by atoms with Gasteiger partial charge in [-0.25, -0.2) is 0 Å². The Labute approximate surface area is 135 Å². The van der Waals surface area contributed by atoms with E-state index >= 15 is 0 Å². The number of halogens is 1. The fraction of sp³-hybridized carbons (Fsp3) is 0.929. The van der Waals surface area contributed by atoms with Gasteiger partial charge in [-0.05, 0) is 26.2 Å². The Hall–Kier alpha value is -0.0400. The molecule has 1 saturated heterocycles. The normalized spacial score (nSPS) is 19.1. The summed E-state index contributed by atoms with van der Waals surface area (Å²) in [7, 11) is 0. The summed E-state index contributed by atoms with van der Waals surface area (Å²) < 4.78 is 5.58. The molecule has 0 radical (unpaired) electrons. The van der Waals surface area contributed by atoms with Crippen LogP contribution in [0.1, 0.15) is 52.4 Å². The summed E-state index contributed by atoms with van der Waals surface area (Å²) in [5, 5.41) is 6.67. The van der Waals surface area contributed by atoms with Gasteiger partial charge in [0.25, 0.3) is 0 Å². The van der Waals surface area contributed by atoms with Gasteiger partial charge in [0.2, 0.25) is 0 Å². The molecule has 1 aliphatic heterocycles. The number of nitrogens with one attached hydrogen (secondary N) is 2. The largest absolute Gasteiger partial charge is 0.376 e. The molecule has 0 aromatic rings. The van der Waals surface area contributed by atoms with E-state index in [0.29, 0.717) is 6.10 Å². The highest BCUT2D eigenvalue weighted by Gasteiger charge is 2.14. The molecular weight excluding hydrogens is 353 g/mol. The average Bonchev–Trinajstić information content (AvgIpc) is 2.88. The smallest absolute Gasteiger partial charge is 0.191 e. The van der Waals surface area contributed by atoms with Crippen molar-refractivity contribution in [3.63, 3.8) is 0 Å². The van der Waals surface area contributed by atoms with Crippen LogP contribution in [0.5, 0.6) is 0 Å². The topological polar surface area (TPSA) is 45.7 Å². The third-order valence-electron chi connectivity index (χ3n) is 3.14. The molecule has 1 heterocycles. The molecule has 114 valence electrons. The van der Waals surface area contributed by atoms with Crippen molar-refractivity contribution in [3.8, 4) is 0 Å². The first-order valence-corrected chi connectivity index (χ1v) is 7.50. The number of rotatable bonds is 8. The number of guanidine groups is 1. The standard InChI is InChI=1S/C14H29N3O.HI/c1-3-5-6-7-10-16-14(15-4-2)17-12-13-9-8-11-18-13;/h13H,3-12H2,1-2H3,(H2,15,16,17);1H. The number of unbranched alkanes of at least 4 members (excludes halogenated alkanes) is 3. The summed E-state index contributed by atoms with van der Waals surface area (Å²) in [5.41, 5.74) is 0. The number of aliphatic imine (C=N–C) groups is 1. The van der Waals surface area contributed by atoms with Crippen LogP contribution in [-0.2, 0) is 4.74 Å². The van der Waals surface area contributed by atoms with E-state index in [1.54, 1.807) is 0 Å². The second kappa shape index (κ2) is 13.0. The van der Waals surface area contributed by atoms with Crippen molar-refractivity contribution >= 4 is 29.9 Å². The highest BCUT2D eigenvalue weighted by molar-refractivity contribution is 14.0. The zero-order valence-corrected chi connectivity index (χ0v) is 14.7. The van der Waals surface area contributed by atoms with Gasteiger partial charge in [0.1, 0.15) is 0 Å². The molecule has 5 heteroatoms. The second-order valence-corrected chi connectivity index (χ2v) is 4.84. The monoisotopic (exact) mass is 383 g/mol. The van der Waals surface area contributed by atoms with Crippen LogP contribution in [0.4, 0.5) is 0 Å². The van der Waals surface area contributed by atoms with Crippen molar-refractivity contribution in [3.05, 3.63) is 0 Å². The lowest BCUT2D eigenvalue weighted by molar-refractivity contribution is 0.117. The fourth-order valence-corrected chi connectivity index (χ4v) is 2.08. The van der Waals surface area contributed by atoms with Gasteiger partial charge in [0.15, 0.2) is 5.96 Å². The molecule has 4 nitrogen and oxygen atoms in total. The lowest BCUT2D eigenvalue weighted by atomic mass is 10.2. The maximum atomic E-state index is 5.58. The lowest BCUT2D eigenvalue weighted by Crippen LogP contribution is -2.38. The molecule has 2 N–H and O–H groups in total. The molecule has 0 amide bonds. The Morgan fingerprint density at radius 1 is 1.21 bits per heavy atom. The Morgan fingerprint density at radius 2 is 2.05 bits per heavy atom. The molecule has 0 aromatic heterocycles. The first-order valence-electron chi connectivity index (χ1n) is 7.50. The van der Waals surface area contributed by atoms with Crippen molar-refractivity contribution < 1.29 is 4.74 Å². The van der Waals surface area contributed by atoms with Crippen molar-refractivity contribution in [1.82, 2.24) is 10.6 Å². The minimum Gasteiger partial charge on any atom is -0.376 e. The molecule has 0 saturated carbocycles. The Morgan fingerprint density at radius 3 is 2.68 bits per heavy atom. The van der Waals surface area contributed by atoms with Crippen molar-refractivity contribution in [2.45, 2.75) is 58.5 Å². The number of hydrogen-bond donors (Lipinski definition) is 2. The highest BCUT2D eigenvalue weighted by Crippen LogP contribution is 2.11. The maximum absolute atomic E-state index is 5.58. The molecule has 1 unspecified atom stereocenters. The van der Waals surface area contributed by atoms with Crippen LogP contribution < -0.4 is 10.6 Å². The van der Waals surface area contributed by atoms with Crippen LogP contribution in [0.25, 0.3) is 0 Å². The molecule has 1 fully saturated rings. The number of hydrogen-bond acceptors (Lipinski definition) is 2. The van der Waals surface area contributed by atoms with E-state index in [1.165, 1.54) is 32.1 Å². The Balaban J connectivity index is 0.00000324. The van der Waals surface area contributed by atoms with E-state index in [0.717, 1.165) is 38.6 Å². The molecule has 0 aliphatic carbocycles. The van der Waals surface area contributed by atoms with Gasteiger partial charge in [-0.15, -0.1) is 24.0 Å². The summed E-state index contributed by atoms with van der Waals surface area (Å²) >= 11 is 0. The summed E-state index contributed by atoms with van der Waals surface area (Å²) in [6, 6.07) is 0. The molecule has 0 aromatic carbocycles. The SMILES string of the molecule is CCCCCCNC(=NCC1CCCO1)NCC.I. The van der Waals surface area contributed by atoms with Crippen molar-refractivity contribution in [2.24, 2.45) is 4.99 Å². The predicted octanol–water partition coefficient (Wildman–Crippen LogP) is 2.92. The summed E-state index contributed by atoms with van der Waals surface area (Å²) in [6.45, 7) is 7.94. The Kier molecular flexibility index (Phi) is 12.9. The maximum Gasteiger partial charge on any atom is 0.191 e. The van der Waals surface area contributed by atoms with Gasteiger partial charge < -0.3 is 15.4 Å². The fourth-order valence-electron chi connectivity index (χ4n) is 2.08. The van der Waals surface area contributed by atoms with Crippen molar-refractivity contribution in [2.75, 3.05) is 26.2 Å². The molecule has 0 bridgehead atoms. The molecule has 19 heavy (non-hydrogen) atoms. The van der Waals surface area contributed by atoms with Crippen LogP contribution >= 0.6 is 24.0 Å². The van der Waals surface area contributed by atoms with E-state index in [4.69, 9.17) is 4.74 Å². The van der Waals surface area contributed by atoms with Crippen LogP contribution in [0.2, 0.25) is 0 Å². The predicted molar refractivity (Wildman–Crippen MR) is 92.5 cm³/mol. The summed E-state index contributed by atoms with van der Waals surface area (Å²) in [6.07, 6.45) is 7.80. The van der Waals surface area contributed by atoms with Crippen LogP contribution in [0, 0.1) is 0 Å². The van der Waals surface area contributed by atoms with Crippen LogP contribution in [0.15, 0.2) is 4.99 Å². The van der Waals surface area contributed by atoms with Gasteiger partial charge in [0.05, 0.1) is 12.6 Å². The third-order valence-corrected chi connectivity index (χ3v) is 3.14. The zero-order chi connectivity index (χ0) is 13.1. The second-order valence-electron chi connectivity index (χ2n) is 4.84. The minimum absolute atomic E-state index is 0. The van der Waals surface area contributed by atoms with Crippen LogP contribution in [0.3, 0.4) is 0 Å². The number of nitrogens with zero attached hydrogens (tertiary/aromatic N) is 1. The third kappa shape index (κ3) is 9.49. The van der Waals surface area contributed by atoms with E-state index in [9.17, 15) is 0 Å². The highest BCUT2D eigenvalue weighted by atomic mass is 127. The quantitative estimate of drug-likeness (QED) is 0.293. The van der Waals surface area contributed by atoms with E-state index < -0.39 is 0 Å². The zero-order valence-electron chi connectivity index (χ0n) is 12.4. The van der Waals surface area contributed by atoms with Gasteiger partial charge in [0, 0.05) is 19.7 Å². The van der Waals surface area contributed by atoms with E-state index in [2.05, 4.69) is 29.5 Å². The summed E-state index contributed by atoms with van der Waals surface area (Å²) in [4.78, 5) is 4.58. The molecule has 1 rings (SSSR count). The van der Waals surface area contributed by atoms with Gasteiger partial charge >= 0.3 is 0 Å². The van der Waals surface area contributed by atoms with Gasteiger partial charge in [-0.1, -0.05) is 26.2 Å². The lowest BCUT2D eigenvalue weighted by Gasteiger charge is -2.12. The van der Waals surface area contributed by atoms with E-state index in [1.807, 2.05) is 0 Å². The first-order chi connectivity index (χ1) is 8.86. The summed E-state index contributed by atoms with van der Waals surface area (Å²) in [5.74, 6) is 0.935. The molecule has 1 aliphatic rings. The van der Waals surface area contributed by atoms with Crippen LogP contribution in [-0.4, -0.2) is 38.3 Å². The van der Waals surface area contributed by atoms with Gasteiger partial charge in [-0.2, -0.15) is 0 Å². The van der Waals surface area contributed by atoms with Gasteiger partial charge in [-0.3, -0.25) is 4.99 Å². The average molecular weight is 383 g/mol. The number of ether oxygens (including phenoxy) is 1. The molecular formula is C14H30IN3O. The Bertz CT molecular complexity index is 231.